The molecule has 3 rings (SSSR count). The van der Waals surface area contributed by atoms with Gasteiger partial charge in [0.05, 0.1) is 0 Å². The first-order chi connectivity index (χ1) is 12.0. The molecule has 3 heterocycles. The quantitative estimate of drug-likeness (QED) is 0.798. The maximum Gasteiger partial charge on any atom is 0.232 e. The summed E-state index contributed by atoms with van der Waals surface area (Å²) in [5.41, 5.74) is 0. The monoisotopic (exact) mass is 362 g/mol. The molecule has 2 aliphatic rings. The van der Waals surface area contributed by atoms with Crippen LogP contribution in [0.1, 0.15) is 52.9 Å². The molecule has 138 valence electrons. The molecular formula is C18H30N6S. The van der Waals surface area contributed by atoms with Gasteiger partial charge in [-0.25, -0.2) is 0 Å². The topological polar surface area (TPSA) is 56.3 Å². The van der Waals surface area contributed by atoms with Gasteiger partial charge in [0.25, 0.3) is 0 Å². The van der Waals surface area contributed by atoms with Crippen LogP contribution in [0.25, 0.3) is 0 Å². The number of thiocarbonyl (C=S) groups is 1. The average Bonchev–Trinajstić information content (AvgIpc) is 3.08. The summed E-state index contributed by atoms with van der Waals surface area (Å²) >= 11 is 5.38. The van der Waals surface area contributed by atoms with Gasteiger partial charge in [0, 0.05) is 37.8 Å². The van der Waals surface area contributed by atoms with E-state index in [1.165, 1.54) is 32.1 Å². The molecule has 0 aromatic carbocycles. The van der Waals surface area contributed by atoms with Crippen molar-refractivity contribution in [3.05, 3.63) is 6.07 Å². The molecular weight excluding hydrogens is 332 g/mol. The number of nitrogens with one attached hydrogen (secondary N) is 2. The van der Waals surface area contributed by atoms with Crippen molar-refractivity contribution >= 4 is 34.9 Å². The molecule has 2 fully saturated rings. The first kappa shape index (κ1) is 18.2. The Morgan fingerprint density at radius 1 is 1.12 bits per heavy atom. The Kier molecular flexibility index (Phi) is 5.93. The molecule has 25 heavy (non-hydrogen) atoms. The number of hydrogen-bond donors (Lipinski definition) is 2. The van der Waals surface area contributed by atoms with Crippen molar-refractivity contribution in [2.45, 2.75) is 65.0 Å². The lowest BCUT2D eigenvalue weighted by atomic mass is 10.0. The van der Waals surface area contributed by atoms with E-state index < -0.39 is 0 Å². The van der Waals surface area contributed by atoms with Gasteiger partial charge in [-0.2, -0.15) is 9.97 Å². The van der Waals surface area contributed by atoms with Crippen LogP contribution in [0.15, 0.2) is 6.07 Å². The Morgan fingerprint density at radius 3 is 2.48 bits per heavy atom. The molecule has 1 unspecified atom stereocenters. The molecule has 0 spiro atoms. The summed E-state index contributed by atoms with van der Waals surface area (Å²) in [6.45, 7) is 9.62. The lowest BCUT2D eigenvalue weighted by molar-refractivity contribution is 0.481. The van der Waals surface area contributed by atoms with Crippen LogP contribution in [0.3, 0.4) is 0 Å². The van der Waals surface area contributed by atoms with Crippen molar-refractivity contribution in [3.8, 4) is 0 Å². The van der Waals surface area contributed by atoms with Crippen molar-refractivity contribution in [1.82, 2.24) is 15.3 Å². The predicted molar refractivity (Wildman–Crippen MR) is 109 cm³/mol. The third kappa shape index (κ3) is 4.71. The van der Waals surface area contributed by atoms with E-state index in [-0.39, 0.29) is 6.04 Å². The van der Waals surface area contributed by atoms with Crippen molar-refractivity contribution in [1.29, 1.82) is 0 Å². The third-order valence-electron chi connectivity index (χ3n) is 4.87. The van der Waals surface area contributed by atoms with Crippen molar-refractivity contribution < 1.29 is 0 Å². The minimum atomic E-state index is 0.281. The number of aromatic nitrogens is 2. The van der Waals surface area contributed by atoms with Gasteiger partial charge in [0.2, 0.25) is 5.95 Å². The zero-order valence-electron chi connectivity index (χ0n) is 15.6. The SMILES string of the molecule is CC(C)NC(=S)Nc1nc(N2CCCC2)cc(N2CCCCC2C)n1. The van der Waals surface area contributed by atoms with E-state index in [2.05, 4.69) is 47.3 Å². The van der Waals surface area contributed by atoms with Crippen LogP contribution in [0.4, 0.5) is 17.6 Å². The van der Waals surface area contributed by atoms with E-state index in [0.717, 1.165) is 31.3 Å². The molecule has 2 N–H and O–H groups in total. The average molecular weight is 363 g/mol. The number of rotatable bonds is 4. The third-order valence-corrected chi connectivity index (χ3v) is 5.09. The van der Waals surface area contributed by atoms with Crippen LogP contribution in [-0.2, 0) is 0 Å². The van der Waals surface area contributed by atoms with Crippen LogP contribution < -0.4 is 20.4 Å². The maximum atomic E-state index is 5.38. The molecule has 1 atom stereocenters. The highest BCUT2D eigenvalue weighted by molar-refractivity contribution is 7.80. The lowest BCUT2D eigenvalue weighted by Gasteiger charge is -2.35. The predicted octanol–water partition coefficient (Wildman–Crippen LogP) is 3.15. The first-order valence-corrected chi connectivity index (χ1v) is 9.92. The molecule has 6 nitrogen and oxygen atoms in total. The van der Waals surface area contributed by atoms with Crippen LogP contribution in [0.5, 0.6) is 0 Å². The molecule has 0 radical (unpaired) electrons. The molecule has 1 aromatic heterocycles. The van der Waals surface area contributed by atoms with Gasteiger partial charge >= 0.3 is 0 Å². The fourth-order valence-electron chi connectivity index (χ4n) is 3.57. The molecule has 0 amide bonds. The Labute approximate surface area is 156 Å². The number of piperidine rings is 1. The number of hydrogen-bond acceptors (Lipinski definition) is 5. The van der Waals surface area contributed by atoms with Gasteiger partial charge in [0.15, 0.2) is 5.11 Å². The normalized spacial score (nSPS) is 20.9. The first-order valence-electron chi connectivity index (χ1n) is 9.51. The minimum Gasteiger partial charge on any atom is -0.360 e. The highest BCUT2D eigenvalue weighted by atomic mass is 32.1. The minimum absolute atomic E-state index is 0.281. The Bertz CT molecular complexity index is 599. The van der Waals surface area contributed by atoms with Crippen molar-refractivity contribution in [2.75, 3.05) is 34.8 Å². The largest absolute Gasteiger partial charge is 0.360 e. The molecule has 2 saturated heterocycles. The summed E-state index contributed by atoms with van der Waals surface area (Å²) in [5, 5.41) is 6.95. The fraction of sp³-hybridized carbons (Fsp3) is 0.722. The number of anilines is 3. The highest BCUT2D eigenvalue weighted by Gasteiger charge is 2.23. The van der Waals surface area contributed by atoms with E-state index in [0.29, 0.717) is 17.1 Å². The van der Waals surface area contributed by atoms with Crippen LogP contribution in [-0.4, -0.2) is 46.8 Å². The smallest absolute Gasteiger partial charge is 0.232 e. The summed E-state index contributed by atoms with van der Waals surface area (Å²) in [7, 11) is 0. The van der Waals surface area contributed by atoms with Gasteiger partial charge in [-0.1, -0.05) is 0 Å². The maximum absolute atomic E-state index is 5.38. The standard InChI is InChI=1S/C18H30N6S/c1-13(2)19-18(25)22-17-20-15(23-9-6-7-10-23)12-16(21-17)24-11-5-4-8-14(24)3/h12-14H,4-11H2,1-3H3,(H2,19,20,21,22,25). The summed E-state index contributed by atoms with van der Waals surface area (Å²) in [6.07, 6.45) is 6.21. The Hall–Kier alpha value is -1.63. The summed E-state index contributed by atoms with van der Waals surface area (Å²) in [6, 6.07) is 2.95. The van der Waals surface area contributed by atoms with Crippen LogP contribution >= 0.6 is 12.2 Å². The van der Waals surface area contributed by atoms with E-state index in [1.807, 2.05) is 0 Å². The van der Waals surface area contributed by atoms with Gasteiger partial charge in [-0.3, -0.25) is 0 Å². The highest BCUT2D eigenvalue weighted by Crippen LogP contribution is 2.28. The van der Waals surface area contributed by atoms with E-state index >= 15 is 0 Å². The van der Waals surface area contributed by atoms with E-state index in [9.17, 15) is 0 Å². The zero-order valence-corrected chi connectivity index (χ0v) is 16.4. The van der Waals surface area contributed by atoms with E-state index in [1.54, 1.807) is 0 Å². The van der Waals surface area contributed by atoms with Gasteiger partial charge in [0.1, 0.15) is 11.6 Å². The van der Waals surface area contributed by atoms with Gasteiger partial charge in [-0.05, 0) is 65.1 Å². The zero-order chi connectivity index (χ0) is 17.8. The summed E-state index contributed by atoms with van der Waals surface area (Å²) in [4.78, 5) is 14.3. The van der Waals surface area contributed by atoms with Crippen molar-refractivity contribution in [3.63, 3.8) is 0 Å². The second-order valence-electron chi connectivity index (χ2n) is 7.39. The molecule has 2 aliphatic heterocycles. The van der Waals surface area contributed by atoms with Gasteiger partial charge < -0.3 is 20.4 Å². The molecule has 0 aliphatic carbocycles. The van der Waals surface area contributed by atoms with Crippen molar-refractivity contribution in [2.24, 2.45) is 0 Å². The van der Waals surface area contributed by atoms with E-state index in [4.69, 9.17) is 22.2 Å². The van der Waals surface area contributed by atoms with Crippen LogP contribution in [0, 0.1) is 0 Å². The molecule has 0 bridgehead atoms. The van der Waals surface area contributed by atoms with Crippen LogP contribution in [0.2, 0.25) is 0 Å². The fourth-order valence-corrected chi connectivity index (χ4v) is 3.90. The summed E-state index contributed by atoms with van der Waals surface area (Å²) < 4.78 is 0. The molecule has 1 aromatic rings. The Balaban J connectivity index is 1.86. The summed E-state index contributed by atoms with van der Waals surface area (Å²) in [5.74, 6) is 2.62. The lowest BCUT2D eigenvalue weighted by Crippen LogP contribution is -2.39. The molecule has 0 saturated carbocycles. The van der Waals surface area contributed by atoms with Gasteiger partial charge in [-0.15, -0.1) is 0 Å². The molecule has 7 heteroatoms. The Morgan fingerprint density at radius 2 is 1.80 bits per heavy atom. The number of nitrogens with zero attached hydrogens (tertiary/aromatic N) is 4. The second kappa shape index (κ2) is 8.17. The second-order valence-corrected chi connectivity index (χ2v) is 7.80.